The first-order valence-corrected chi connectivity index (χ1v) is 6.74. The lowest BCUT2D eigenvalue weighted by atomic mass is 10.1. The topological polar surface area (TPSA) is 66.9 Å². The van der Waals surface area contributed by atoms with E-state index in [1.807, 2.05) is 6.07 Å². The van der Waals surface area contributed by atoms with E-state index in [0.29, 0.717) is 18.7 Å². The zero-order valence-electron chi connectivity index (χ0n) is 12.1. The molecule has 0 radical (unpaired) electrons. The first-order chi connectivity index (χ1) is 10.0. The standard InChI is InChI=1S/C15H18N2O4/c1-11(18)17-9-8-16(10-13(17)15(20)21-2)14(19)12-6-4-3-5-7-12/h3-7,13H,8-10H2,1-2H3. The first-order valence-electron chi connectivity index (χ1n) is 6.74. The number of benzene rings is 1. The molecule has 6 nitrogen and oxygen atoms in total. The summed E-state index contributed by atoms with van der Waals surface area (Å²) in [7, 11) is 1.28. The van der Waals surface area contributed by atoms with Crippen LogP contribution < -0.4 is 0 Å². The molecule has 0 bridgehead atoms. The minimum Gasteiger partial charge on any atom is -0.467 e. The van der Waals surface area contributed by atoms with Crippen LogP contribution in [0.15, 0.2) is 30.3 Å². The zero-order chi connectivity index (χ0) is 15.4. The Bertz CT molecular complexity index is 544. The Morgan fingerprint density at radius 2 is 1.81 bits per heavy atom. The van der Waals surface area contributed by atoms with Gasteiger partial charge in [0.1, 0.15) is 6.04 Å². The van der Waals surface area contributed by atoms with Crippen LogP contribution in [0.4, 0.5) is 0 Å². The normalized spacial score (nSPS) is 18.3. The van der Waals surface area contributed by atoms with Crippen molar-refractivity contribution >= 4 is 17.8 Å². The van der Waals surface area contributed by atoms with E-state index in [-0.39, 0.29) is 18.4 Å². The SMILES string of the molecule is COC(=O)C1CN(C(=O)c2ccccc2)CCN1C(C)=O. The van der Waals surface area contributed by atoms with Gasteiger partial charge in [-0.3, -0.25) is 9.59 Å². The third kappa shape index (κ3) is 3.21. The summed E-state index contributed by atoms with van der Waals surface area (Å²) in [5, 5.41) is 0. The molecule has 0 spiro atoms. The van der Waals surface area contributed by atoms with E-state index in [2.05, 4.69) is 0 Å². The maximum atomic E-state index is 12.4. The van der Waals surface area contributed by atoms with Crippen LogP contribution in [0.1, 0.15) is 17.3 Å². The number of piperazine rings is 1. The van der Waals surface area contributed by atoms with Crippen LogP contribution in [0.5, 0.6) is 0 Å². The zero-order valence-corrected chi connectivity index (χ0v) is 12.1. The van der Waals surface area contributed by atoms with Crippen LogP contribution in [-0.2, 0) is 14.3 Å². The fourth-order valence-electron chi connectivity index (χ4n) is 2.45. The largest absolute Gasteiger partial charge is 0.467 e. The molecule has 0 saturated carbocycles. The van der Waals surface area contributed by atoms with Crippen molar-refractivity contribution in [3.8, 4) is 0 Å². The monoisotopic (exact) mass is 290 g/mol. The van der Waals surface area contributed by atoms with E-state index in [1.165, 1.54) is 18.9 Å². The molecular formula is C15H18N2O4. The van der Waals surface area contributed by atoms with Crippen molar-refractivity contribution in [3.63, 3.8) is 0 Å². The van der Waals surface area contributed by atoms with Crippen LogP contribution in [-0.4, -0.2) is 60.4 Å². The van der Waals surface area contributed by atoms with Crippen LogP contribution in [0.3, 0.4) is 0 Å². The Balaban J connectivity index is 2.16. The van der Waals surface area contributed by atoms with Crippen molar-refractivity contribution in [3.05, 3.63) is 35.9 Å². The highest BCUT2D eigenvalue weighted by atomic mass is 16.5. The van der Waals surface area contributed by atoms with Gasteiger partial charge in [-0.05, 0) is 12.1 Å². The van der Waals surface area contributed by atoms with Crippen molar-refractivity contribution in [1.29, 1.82) is 0 Å². The van der Waals surface area contributed by atoms with Gasteiger partial charge in [0.2, 0.25) is 5.91 Å². The van der Waals surface area contributed by atoms with Gasteiger partial charge < -0.3 is 14.5 Å². The second-order valence-electron chi connectivity index (χ2n) is 4.87. The van der Waals surface area contributed by atoms with Crippen LogP contribution >= 0.6 is 0 Å². The number of ether oxygens (including phenoxy) is 1. The van der Waals surface area contributed by atoms with Gasteiger partial charge in [0, 0.05) is 25.6 Å². The number of rotatable bonds is 2. The van der Waals surface area contributed by atoms with Crippen LogP contribution in [0.2, 0.25) is 0 Å². The first kappa shape index (κ1) is 15.0. The minimum atomic E-state index is -0.742. The van der Waals surface area contributed by atoms with E-state index in [1.54, 1.807) is 29.2 Å². The van der Waals surface area contributed by atoms with Crippen molar-refractivity contribution < 1.29 is 19.1 Å². The summed E-state index contributed by atoms with van der Waals surface area (Å²) in [5.74, 6) is -0.847. The molecule has 1 aromatic carbocycles. The van der Waals surface area contributed by atoms with Crippen LogP contribution in [0.25, 0.3) is 0 Å². The average molecular weight is 290 g/mol. The molecule has 0 aliphatic carbocycles. The van der Waals surface area contributed by atoms with E-state index < -0.39 is 12.0 Å². The lowest BCUT2D eigenvalue weighted by Crippen LogP contribution is -2.59. The van der Waals surface area contributed by atoms with Gasteiger partial charge in [0.25, 0.3) is 5.91 Å². The maximum absolute atomic E-state index is 12.4. The second kappa shape index (κ2) is 6.39. The predicted octanol–water partition coefficient (Wildman–Crippen LogP) is 0.532. The number of methoxy groups -OCH3 is 1. The molecule has 1 aromatic rings. The molecule has 1 unspecified atom stereocenters. The van der Waals surface area contributed by atoms with E-state index in [9.17, 15) is 14.4 Å². The molecule has 6 heteroatoms. The lowest BCUT2D eigenvalue weighted by Gasteiger charge is -2.39. The van der Waals surface area contributed by atoms with Crippen molar-refractivity contribution in [2.24, 2.45) is 0 Å². The molecule has 2 rings (SSSR count). The Morgan fingerprint density at radius 3 is 2.38 bits per heavy atom. The van der Waals surface area contributed by atoms with Crippen molar-refractivity contribution in [2.45, 2.75) is 13.0 Å². The summed E-state index contributed by atoms with van der Waals surface area (Å²) in [6.45, 7) is 2.29. The van der Waals surface area contributed by atoms with Gasteiger partial charge in [0.05, 0.1) is 13.7 Å². The predicted molar refractivity (Wildman–Crippen MR) is 75.5 cm³/mol. The van der Waals surface area contributed by atoms with Crippen molar-refractivity contribution in [1.82, 2.24) is 9.80 Å². The number of hydrogen-bond acceptors (Lipinski definition) is 4. The van der Waals surface area contributed by atoms with Gasteiger partial charge in [-0.25, -0.2) is 4.79 Å². The smallest absolute Gasteiger partial charge is 0.330 e. The molecule has 1 saturated heterocycles. The maximum Gasteiger partial charge on any atom is 0.330 e. The molecule has 1 aliphatic rings. The summed E-state index contributed by atoms with van der Waals surface area (Å²) in [6.07, 6.45) is 0. The molecule has 0 N–H and O–H groups in total. The number of nitrogens with zero attached hydrogens (tertiary/aromatic N) is 2. The Kier molecular flexibility index (Phi) is 4.57. The number of amides is 2. The fraction of sp³-hybridized carbons (Fsp3) is 0.400. The Hall–Kier alpha value is -2.37. The molecule has 2 amide bonds. The van der Waals surface area contributed by atoms with Crippen molar-refractivity contribution in [2.75, 3.05) is 26.7 Å². The molecule has 21 heavy (non-hydrogen) atoms. The highest BCUT2D eigenvalue weighted by molar-refractivity contribution is 5.95. The van der Waals surface area contributed by atoms with E-state index >= 15 is 0 Å². The van der Waals surface area contributed by atoms with Gasteiger partial charge in [-0.15, -0.1) is 0 Å². The molecular weight excluding hydrogens is 272 g/mol. The third-order valence-corrected chi connectivity index (χ3v) is 3.57. The highest BCUT2D eigenvalue weighted by Crippen LogP contribution is 2.14. The lowest BCUT2D eigenvalue weighted by molar-refractivity contribution is -0.154. The summed E-state index contributed by atoms with van der Waals surface area (Å²) < 4.78 is 4.73. The molecule has 1 fully saturated rings. The second-order valence-corrected chi connectivity index (χ2v) is 4.87. The minimum absolute atomic E-state index is 0.146. The molecule has 1 aliphatic heterocycles. The number of hydrogen-bond donors (Lipinski definition) is 0. The number of esters is 1. The fourth-order valence-corrected chi connectivity index (χ4v) is 2.45. The van der Waals surface area contributed by atoms with E-state index in [4.69, 9.17) is 4.74 Å². The van der Waals surface area contributed by atoms with Gasteiger partial charge in [-0.2, -0.15) is 0 Å². The quantitative estimate of drug-likeness (QED) is 0.745. The van der Waals surface area contributed by atoms with Gasteiger partial charge in [0.15, 0.2) is 0 Å². The Labute approximate surface area is 123 Å². The summed E-state index contributed by atoms with van der Waals surface area (Å²) in [5.41, 5.74) is 0.567. The number of carbonyl (C=O) groups excluding carboxylic acids is 3. The Morgan fingerprint density at radius 1 is 1.14 bits per heavy atom. The summed E-state index contributed by atoms with van der Waals surface area (Å²) >= 11 is 0. The average Bonchev–Trinajstić information content (AvgIpc) is 2.53. The highest BCUT2D eigenvalue weighted by Gasteiger charge is 2.36. The molecule has 1 atom stereocenters. The molecule has 0 aromatic heterocycles. The van der Waals surface area contributed by atoms with Gasteiger partial charge >= 0.3 is 5.97 Å². The summed E-state index contributed by atoms with van der Waals surface area (Å²) in [6, 6.07) is 8.13. The van der Waals surface area contributed by atoms with Crippen LogP contribution in [0, 0.1) is 0 Å². The molecule has 1 heterocycles. The summed E-state index contributed by atoms with van der Waals surface area (Å²) in [4.78, 5) is 38.9. The third-order valence-electron chi connectivity index (χ3n) is 3.57. The number of carbonyl (C=O) groups is 3. The van der Waals surface area contributed by atoms with Gasteiger partial charge in [-0.1, -0.05) is 18.2 Å². The van der Waals surface area contributed by atoms with E-state index in [0.717, 1.165) is 0 Å². The molecule has 112 valence electrons.